The molecule has 0 amide bonds. The number of allylic oxidation sites excluding steroid dienone is 1. The quantitative estimate of drug-likeness (QED) is 0.576. The van der Waals surface area contributed by atoms with E-state index in [2.05, 4.69) is 11.1 Å². The maximum atomic E-state index is 11.3. The lowest BCUT2D eigenvalue weighted by molar-refractivity contribution is -0.138. The number of hydrogen-bond acceptors (Lipinski definition) is 3. The molecule has 0 radical (unpaired) electrons. The van der Waals surface area contributed by atoms with Crippen molar-refractivity contribution in [3.8, 4) is 0 Å². The van der Waals surface area contributed by atoms with Gasteiger partial charge in [-0.3, -0.25) is 4.98 Å². The van der Waals surface area contributed by atoms with E-state index >= 15 is 0 Å². The summed E-state index contributed by atoms with van der Waals surface area (Å²) in [6.45, 7) is 5.98. The first-order chi connectivity index (χ1) is 7.63. The summed E-state index contributed by atoms with van der Waals surface area (Å²) in [5, 5.41) is 0. The van der Waals surface area contributed by atoms with Gasteiger partial charge in [0.1, 0.15) is 0 Å². The minimum absolute atomic E-state index is 0.247. The van der Waals surface area contributed by atoms with Gasteiger partial charge in [-0.15, -0.1) is 0 Å². The van der Waals surface area contributed by atoms with Gasteiger partial charge in [-0.05, 0) is 38.3 Å². The molecule has 0 aliphatic carbocycles. The van der Waals surface area contributed by atoms with Crippen molar-refractivity contribution in [3.05, 3.63) is 41.2 Å². The second-order valence-electron chi connectivity index (χ2n) is 3.68. The first-order valence-electron chi connectivity index (χ1n) is 5.38. The van der Waals surface area contributed by atoms with Crippen LogP contribution in [0.3, 0.4) is 0 Å². The van der Waals surface area contributed by atoms with E-state index in [-0.39, 0.29) is 5.97 Å². The van der Waals surface area contributed by atoms with Crippen LogP contribution in [-0.2, 0) is 16.0 Å². The summed E-state index contributed by atoms with van der Waals surface area (Å²) in [7, 11) is 0. The molecule has 0 bridgehead atoms. The predicted octanol–water partition coefficient (Wildman–Crippen LogP) is 2.44. The number of aromatic nitrogens is 1. The Morgan fingerprint density at radius 1 is 1.50 bits per heavy atom. The average Bonchev–Trinajstić information content (AvgIpc) is 2.26. The largest absolute Gasteiger partial charge is 0.463 e. The van der Waals surface area contributed by atoms with Gasteiger partial charge in [0, 0.05) is 18.0 Å². The van der Waals surface area contributed by atoms with Crippen LogP contribution in [0.15, 0.2) is 30.1 Å². The third-order valence-corrected chi connectivity index (χ3v) is 2.17. The maximum absolute atomic E-state index is 11.3. The highest BCUT2D eigenvalue weighted by Gasteiger charge is 2.03. The molecule has 86 valence electrons. The van der Waals surface area contributed by atoms with Crippen molar-refractivity contribution in [1.29, 1.82) is 0 Å². The zero-order valence-electron chi connectivity index (χ0n) is 9.99. The summed E-state index contributed by atoms with van der Waals surface area (Å²) >= 11 is 0. The minimum Gasteiger partial charge on any atom is -0.463 e. The van der Waals surface area contributed by atoms with Gasteiger partial charge in [0.05, 0.1) is 6.61 Å². The Hall–Kier alpha value is -1.64. The highest BCUT2D eigenvalue weighted by atomic mass is 16.5. The van der Waals surface area contributed by atoms with Gasteiger partial charge < -0.3 is 4.74 Å². The van der Waals surface area contributed by atoms with Crippen molar-refractivity contribution >= 4 is 5.97 Å². The van der Waals surface area contributed by atoms with E-state index in [0.29, 0.717) is 18.6 Å². The number of rotatable bonds is 4. The molecule has 16 heavy (non-hydrogen) atoms. The average molecular weight is 219 g/mol. The number of ether oxygens (including phenoxy) is 1. The van der Waals surface area contributed by atoms with Crippen LogP contribution in [0, 0.1) is 6.92 Å². The molecule has 0 atom stereocenters. The van der Waals surface area contributed by atoms with Gasteiger partial charge in [0.15, 0.2) is 0 Å². The number of hydrogen-bond donors (Lipinski definition) is 0. The topological polar surface area (TPSA) is 39.2 Å². The highest BCUT2D eigenvalue weighted by Crippen LogP contribution is 2.05. The standard InChI is InChI=1S/C13H17NO2/c1-4-16-13(15)11(3)5-6-12-7-10(2)8-14-9-12/h5,7-9H,4,6H2,1-3H3/b11-5+. The molecule has 0 aliphatic rings. The van der Waals surface area contributed by atoms with Crippen LogP contribution in [0.4, 0.5) is 0 Å². The molecule has 0 aliphatic heterocycles. The molecular formula is C13H17NO2. The Morgan fingerprint density at radius 3 is 2.88 bits per heavy atom. The molecule has 3 heteroatoms. The van der Waals surface area contributed by atoms with Crippen molar-refractivity contribution in [2.24, 2.45) is 0 Å². The summed E-state index contributed by atoms with van der Waals surface area (Å²) in [5.74, 6) is -0.247. The summed E-state index contributed by atoms with van der Waals surface area (Å²) in [4.78, 5) is 15.4. The first kappa shape index (κ1) is 12.4. The zero-order chi connectivity index (χ0) is 12.0. The summed E-state index contributed by atoms with van der Waals surface area (Å²) < 4.78 is 4.89. The normalized spacial score (nSPS) is 11.3. The molecule has 1 aromatic heterocycles. The van der Waals surface area contributed by atoms with E-state index in [9.17, 15) is 4.79 Å². The lowest BCUT2D eigenvalue weighted by Gasteiger charge is -2.02. The van der Waals surface area contributed by atoms with Gasteiger partial charge in [-0.25, -0.2) is 4.79 Å². The Bertz CT molecular complexity index is 397. The molecule has 0 saturated carbocycles. The third kappa shape index (κ3) is 3.85. The number of nitrogens with zero attached hydrogens (tertiary/aromatic N) is 1. The third-order valence-electron chi connectivity index (χ3n) is 2.17. The number of pyridine rings is 1. The summed E-state index contributed by atoms with van der Waals surface area (Å²) in [5.41, 5.74) is 2.87. The number of carbonyl (C=O) groups is 1. The van der Waals surface area contributed by atoms with Crippen LogP contribution in [0.25, 0.3) is 0 Å². The van der Waals surface area contributed by atoms with Crippen LogP contribution in [0.1, 0.15) is 25.0 Å². The minimum atomic E-state index is -0.247. The Labute approximate surface area is 96.2 Å². The van der Waals surface area contributed by atoms with Gasteiger partial charge in [0.2, 0.25) is 0 Å². The van der Waals surface area contributed by atoms with Gasteiger partial charge in [-0.1, -0.05) is 12.1 Å². The van der Waals surface area contributed by atoms with Crippen molar-refractivity contribution in [2.75, 3.05) is 6.61 Å². The van der Waals surface area contributed by atoms with Crippen molar-refractivity contribution in [1.82, 2.24) is 4.98 Å². The number of esters is 1. The first-order valence-corrected chi connectivity index (χ1v) is 5.38. The van der Waals surface area contributed by atoms with Crippen molar-refractivity contribution < 1.29 is 9.53 Å². The monoisotopic (exact) mass is 219 g/mol. The van der Waals surface area contributed by atoms with Crippen LogP contribution in [-0.4, -0.2) is 17.6 Å². The van der Waals surface area contributed by atoms with Crippen LogP contribution in [0.2, 0.25) is 0 Å². The fourth-order valence-electron chi connectivity index (χ4n) is 1.33. The van der Waals surface area contributed by atoms with Crippen LogP contribution >= 0.6 is 0 Å². The molecule has 0 spiro atoms. The molecule has 1 heterocycles. The Kier molecular flexibility index (Phi) is 4.70. The zero-order valence-corrected chi connectivity index (χ0v) is 9.99. The molecular weight excluding hydrogens is 202 g/mol. The predicted molar refractivity (Wildman–Crippen MR) is 63.1 cm³/mol. The highest BCUT2D eigenvalue weighted by molar-refractivity contribution is 5.87. The smallest absolute Gasteiger partial charge is 0.333 e. The fraction of sp³-hybridized carbons (Fsp3) is 0.385. The maximum Gasteiger partial charge on any atom is 0.333 e. The van der Waals surface area contributed by atoms with Gasteiger partial charge in [0.25, 0.3) is 0 Å². The lowest BCUT2D eigenvalue weighted by Crippen LogP contribution is -2.05. The molecule has 0 aromatic carbocycles. The lowest BCUT2D eigenvalue weighted by atomic mass is 10.1. The molecule has 0 N–H and O–H groups in total. The van der Waals surface area contributed by atoms with Crippen molar-refractivity contribution in [2.45, 2.75) is 27.2 Å². The summed E-state index contributed by atoms with van der Waals surface area (Å²) in [6, 6.07) is 2.06. The van der Waals surface area contributed by atoms with E-state index in [1.54, 1.807) is 13.8 Å². The molecule has 3 nitrogen and oxygen atoms in total. The molecule has 1 rings (SSSR count). The Balaban J connectivity index is 2.62. The van der Waals surface area contributed by atoms with E-state index in [0.717, 1.165) is 11.1 Å². The SMILES string of the molecule is CCOC(=O)/C(C)=C/Cc1cncc(C)c1. The summed E-state index contributed by atoms with van der Waals surface area (Å²) in [6.07, 6.45) is 6.20. The molecule has 0 unspecified atom stereocenters. The van der Waals surface area contributed by atoms with E-state index < -0.39 is 0 Å². The second-order valence-corrected chi connectivity index (χ2v) is 3.68. The van der Waals surface area contributed by atoms with E-state index in [4.69, 9.17) is 4.74 Å². The van der Waals surface area contributed by atoms with Gasteiger partial charge in [-0.2, -0.15) is 0 Å². The molecule has 0 fully saturated rings. The molecule has 0 saturated heterocycles. The fourth-order valence-corrected chi connectivity index (χ4v) is 1.33. The van der Waals surface area contributed by atoms with Crippen molar-refractivity contribution in [3.63, 3.8) is 0 Å². The van der Waals surface area contributed by atoms with E-state index in [1.807, 2.05) is 25.4 Å². The number of carbonyl (C=O) groups excluding carboxylic acids is 1. The number of aryl methyl sites for hydroxylation is 1. The van der Waals surface area contributed by atoms with Gasteiger partial charge >= 0.3 is 5.97 Å². The Morgan fingerprint density at radius 2 is 2.25 bits per heavy atom. The second kappa shape index (κ2) is 6.05. The van der Waals surface area contributed by atoms with E-state index in [1.165, 1.54) is 0 Å². The molecule has 1 aromatic rings. The van der Waals surface area contributed by atoms with Crippen LogP contribution < -0.4 is 0 Å². The van der Waals surface area contributed by atoms with Crippen LogP contribution in [0.5, 0.6) is 0 Å².